The average molecular weight is 408 g/mol. The monoisotopic (exact) mass is 408 g/mol. The van der Waals surface area contributed by atoms with Crippen LogP contribution in [0, 0.1) is 0 Å². The SMILES string of the molecule is CC(=O)OC(C)C(OC(C)=O)C(OC(C)=O)C(OC(C)=O)C1SCCS1. The van der Waals surface area contributed by atoms with Gasteiger partial charge in [-0.2, -0.15) is 0 Å². The number of carbonyl (C=O) groups excluding carboxylic acids is 4. The highest BCUT2D eigenvalue weighted by molar-refractivity contribution is 8.20. The number of rotatable bonds is 8. The second-order valence-electron chi connectivity index (χ2n) is 5.65. The fourth-order valence-electron chi connectivity index (χ4n) is 2.50. The molecular formula is C16H24O8S2. The Hall–Kier alpha value is -1.42. The molecule has 26 heavy (non-hydrogen) atoms. The molecular weight excluding hydrogens is 384 g/mol. The summed E-state index contributed by atoms with van der Waals surface area (Å²) in [6.45, 7) is 6.38. The van der Waals surface area contributed by atoms with Crippen molar-refractivity contribution < 1.29 is 38.1 Å². The van der Waals surface area contributed by atoms with E-state index in [4.69, 9.17) is 18.9 Å². The number of carbonyl (C=O) groups is 4. The van der Waals surface area contributed by atoms with E-state index in [0.717, 1.165) is 11.5 Å². The van der Waals surface area contributed by atoms with Gasteiger partial charge in [0.1, 0.15) is 6.10 Å². The summed E-state index contributed by atoms with van der Waals surface area (Å²) < 4.78 is 21.0. The molecule has 1 heterocycles. The fourth-order valence-corrected chi connectivity index (χ4v) is 5.50. The van der Waals surface area contributed by atoms with E-state index >= 15 is 0 Å². The fraction of sp³-hybridized carbons (Fsp3) is 0.750. The Morgan fingerprint density at radius 2 is 1.15 bits per heavy atom. The molecule has 0 aromatic heterocycles. The van der Waals surface area contributed by atoms with Crippen LogP contribution in [0.4, 0.5) is 0 Å². The van der Waals surface area contributed by atoms with Crippen LogP contribution in [0.3, 0.4) is 0 Å². The van der Waals surface area contributed by atoms with Crippen LogP contribution < -0.4 is 0 Å². The van der Waals surface area contributed by atoms with Gasteiger partial charge in [0.25, 0.3) is 0 Å². The number of ether oxygens (including phenoxy) is 4. The molecule has 4 atom stereocenters. The standard InChI is InChI=1S/C16H24O8S2/c1-8(21-9(2)17)13(22-10(3)18)14(23-11(4)19)15(24-12(5)20)16-25-6-7-26-16/h8,13-16H,6-7H2,1-5H3. The van der Waals surface area contributed by atoms with Crippen molar-refractivity contribution in [2.75, 3.05) is 11.5 Å². The minimum Gasteiger partial charge on any atom is -0.459 e. The maximum absolute atomic E-state index is 11.7. The summed E-state index contributed by atoms with van der Waals surface area (Å²) in [7, 11) is 0. The van der Waals surface area contributed by atoms with Crippen molar-refractivity contribution in [3.8, 4) is 0 Å². The lowest BCUT2D eigenvalue weighted by Gasteiger charge is -2.36. The van der Waals surface area contributed by atoms with E-state index in [0.29, 0.717) is 0 Å². The Balaban J connectivity index is 3.23. The lowest BCUT2D eigenvalue weighted by atomic mass is 10.0. The van der Waals surface area contributed by atoms with E-state index in [1.807, 2.05) is 0 Å². The Morgan fingerprint density at radius 1 is 0.731 bits per heavy atom. The summed E-state index contributed by atoms with van der Waals surface area (Å²) in [6.07, 6.45) is -4.00. The van der Waals surface area contributed by atoms with Crippen molar-refractivity contribution in [2.24, 2.45) is 0 Å². The van der Waals surface area contributed by atoms with Crippen LogP contribution >= 0.6 is 23.5 Å². The van der Waals surface area contributed by atoms with Gasteiger partial charge in [-0.15, -0.1) is 23.5 Å². The summed E-state index contributed by atoms with van der Waals surface area (Å²) in [5.74, 6) is -0.714. The minimum atomic E-state index is -1.12. The lowest BCUT2D eigenvalue weighted by Crippen LogP contribution is -2.53. The molecule has 1 aliphatic rings. The van der Waals surface area contributed by atoms with Gasteiger partial charge in [-0.05, 0) is 6.92 Å². The van der Waals surface area contributed by atoms with Gasteiger partial charge in [-0.3, -0.25) is 19.2 Å². The van der Waals surface area contributed by atoms with Gasteiger partial charge in [0.15, 0.2) is 18.3 Å². The number of hydrogen-bond donors (Lipinski definition) is 0. The van der Waals surface area contributed by atoms with E-state index in [1.165, 1.54) is 34.6 Å². The molecule has 10 heteroatoms. The second kappa shape index (κ2) is 10.7. The Morgan fingerprint density at radius 3 is 1.58 bits per heavy atom. The molecule has 0 bridgehead atoms. The Labute approximate surface area is 161 Å². The Bertz CT molecular complexity index is 532. The summed E-state index contributed by atoms with van der Waals surface area (Å²) in [6, 6.07) is 0. The van der Waals surface area contributed by atoms with Gasteiger partial charge in [-0.25, -0.2) is 0 Å². The third-order valence-corrected chi connectivity index (χ3v) is 6.43. The minimum absolute atomic E-state index is 0.203. The van der Waals surface area contributed by atoms with Crippen LogP contribution in [0.5, 0.6) is 0 Å². The van der Waals surface area contributed by atoms with E-state index in [9.17, 15) is 19.2 Å². The second-order valence-corrected chi connectivity index (χ2v) is 8.44. The normalized spacial score (nSPS) is 19.0. The molecule has 0 amide bonds. The van der Waals surface area contributed by atoms with Crippen molar-refractivity contribution in [1.29, 1.82) is 0 Å². The zero-order valence-corrected chi connectivity index (χ0v) is 17.0. The average Bonchev–Trinajstić information content (AvgIpc) is 3.01. The summed E-state index contributed by atoms with van der Waals surface area (Å²) in [4.78, 5) is 46.2. The first kappa shape index (κ1) is 22.6. The van der Waals surface area contributed by atoms with Crippen LogP contribution in [0.2, 0.25) is 0 Å². The maximum atomic E-state index is 11.7. The molecule has 0 aliphatic carbocycles. The largest absolute Gasteiger partial charge is 0.459 e. The molecule has 0 saturated carbocycles. The highest BCUT2D eigenvalue weighted by Crippen LogP contribution is 2.38. The van der Waals surface area contributed by atoms with Crippen LogP contribution in [0.15, 0.2) is 0 Å². The topological polar surface area (TPSA) is 105 Å². The van der Waals surface area contributed by atoms with Crippen molar-refractivity contribution in [2.45, 2.75) is 63.6 Å². The third kappa shape index (κ3) is 7.45. The summed E-state index contributed by atoms with van der Waals surface area (Å²) in [5.41, 5.74) is 0. The van der Waals surface area contributed by atoms with E-state index in [1.54, 1.807) is 23.5 Å². The zero-order chi connectivity index (χ0) is 19.9. The molecule has 0 radical (unpaired) electrons. The van der Waals surface area contributed by atoms with Crippen molar-refractivity contribution in [3.05, 3.63) is 0 Å². The van der Waals surface area contributed by atoms with Gasteiger partial charge in [0.05, 0.1) is 4.58 Å². The zero-order valence-electron chi connectivity index (χ0n) is 15.4. The Kier molecular flexibility index (Phi) is 9.28. The molecule has 1 saturated heterocycles. The molecule has 1 rings (SSSR count). The molecule has 8 nitrogen and oxygen atoms in total. The molecule has 148 valence electrons. The molecule has 1 aliphatic heterocycles. The first-order valence-electron chi connectivity index (χ1n) is 8.04. The summed E-state index contributed by atoms with van der Waals surface area (Å²) in [5, 5.41) is 0. The molecule has 0 aromatic carbocycles. The van der Waals surface area contributed by atoms with Gasteiger partial charge < -0.3 is 18.9 Å². The smallest absolute Gasteiger partial charge is 0.303 e. The molecule has 0 aromatic rings. The van der Waals surface area contributed by atoms with E-state index < -0.39 is 48.3 Å². The highest BCUT2D eigenvalue weighted by atomic mass is 32.2. The van der Waals surface area contributed by atoms with Crippen molar-refractivity contribution in [1.82, 2.24) is 0 Å². The number of hydrogen-bond acceptors (Lipinski definition) is 10. The molecule has 4 unspecified atom stereocenters. The first-order valence-corrected chi connectivity index (χ1v) is 10.1. The molecule has 0 N–H and O–H groups in total. The molecule has 0 spiro atoms. The summed E-state index contributed by atoms with van der Waals surface area (Å²) >= 11 is 3.11. The first-order chi connectivity index (χ1) is 12.1. The quantitative estimate of drug-likeness (QED) is 0.434. The van der Waals surface area contributed by atoms with Crippen LogP contribution in [0.1, 0.15) is 34.6 Å². The van der Waals surface area contributed by atoms with E-state index in [2.05, 4.69) is 0 Å². The van der Waals surface area contributed by atoms with Gasteiger partial charge >= 0.3 is 23.9 Å². The van der Waals surface area contributed by atoms with Crippen LogP contribution in [-0.4, -0.2) is 64.4 Å². The predicted octanol–water partition coefficient (Wildman–Crippen LogP) is 1.54. The number of thioether (sulfide) groups is 2. The van der Waals surface area contributed by atoms with E-state index in [-0.39, 0.29) is 4.58 Å². The molecule has 1 fully saturated rings. The van der Waals surface area contributed by atoms with Crippen LogP contribution in [0.25, 0.3) is 0 Å². The van der Waals surface area contributed by atoms with Gasteiger partial charge in [-0.1, -0.05) is 0 Å². The van der Waals surface area contributed by atoms with Crippen LogP contribution in [-0.2, 0) is 38.1 Å². The third-order valence-electron chi connectivity index (χ3n) is 3.28. The maximum Gasteiger partial charge on any atom is 0.303 e. The van der Waals surface area contributed by atoms with Gasteiger partial charge in [0, 0.05) is 39.2 Å². The lowest BCUT2D eigenvalue weighted by molar-refractivity contribution is -0.195. The van der Waals surface area contributed by atoms with Crippen molar-refractivity contribution >= 4 is 47.4 Å². The highest BCUT2D eigenvalue weighted by Gasteiger charge is 2.46. The number of esters is 4. The predicted molar refractivity (Wildman–Crippen MR) is 96.6 cm³/mol. The van der Waals surface area contributed by atoms with Crippen molar-refractivity contribution in [3.63, 3.8) is 0 Å². The van der Waals surface area contributed by atoms with Gasteiger partial charge in [0.2, 0.25) is 0 Å².